The van der Waals surface area contributed by atoms with Crippen LogP contribution < -0.4 is 5.32 Å². The number of carbonyl (C=O) groups excluding carboxylic acids is 2. The molecule has 2 aliphatic heterocycles. The topological polar surface area (TPSA) is 154 Å². The highest BCUT2D eigenvalue weighted by atomic mass is 32.2. The third kappa shape index (κ3) is 4.63. The van der Waals surface area contributed by atoms with E-state index in [2.05, 4.69) is 20.7 Å². The molecule has 2 aliphatic rings. The molecule has 33 heavy (non-hydrogen) atoms. The molecular formula is C19H19N5O6S3. The second-order valence-electron chi connectivity index (χ2n) is 7.37. The van der Waals surface area contributed by atoms with Gasteiger partial charge >= 0.3 is 5.97 Å². The van der Waals surface area contributed by atoms with Crippen molar-refractivity contribution < 1.29 is 29.4 Å². The zero-order valence-electron chi connectivity index (χ0n) is 17.2. The van der Waals surface area contributed by atoms with Crippen LogP contribution in [0, 0.1) is 5.41 Å². The highest BCUT2D eigenvalue weighted by molar-refractivity contribution is 8.01. The summed E-state index contributed by atoms with van der Waals surface area (Å²) in [6.45, 7) is 0.0442. The Bertz CT molecular complexity index is 1100. The van der Waals surface area contributed by atoms with Crippen molar-refractivity contribution in [3.05, 3.63) is 35.3 Å². The smallest absolute Gasteiger partial charge is 0.313 e. The molecule has 4 rings (SSSR count). The fraction of sp³-hybridized carbons (Fsp3) is 0.368. The molecule has 0 radical (unpaired) electrons. The van der Waals surface area contributed by atoms with E-state index in [1.807, 2.05) is 0 Å². The maximum Gasteiger partial charge on any atom is 0.313 e. The molecule has 2 aromatic rings. The Morgan fingerprint density at radius 3 is 2.94 bits per heavy atom. The summed E-state index contributed by atoms with van der Waals surface area (Å²) in [5.74, 6) is -1.50. The van der Waals surface area contributed by atoms with E-state index in [-0.39, 0.29) is 40.8 Å². The van der Waals surface area contributed by atoms with Crippen LogP contribution in [0.3, 0.4) is 0 Å². The van der Waals surface area contributed by atoms with Gasteiger partial charge in [-0.3, -0.25) is 14.4 Å². The number of benzene rings is 1. The number of β-lactam (4-membered cyclic amide) rings is 1. The number of aliphatic carboxylic acids is 1. The quantitative estimate of drug-likeness (QED) is 0.202. The van der Waals surface area contributed by atoms with Crippen molar-refractivity contribution in [1.82, 2.24) is 20.4 Å². The average molecular weight is 510 g/mol. The molecule has 2 fully saturated rings. The predicted molar refractivity (Wildman–Crippen MR) is 122 cm³/mol. The van der Waals surface area contributed by atoms with Gasteiger partial charge in [0.2, 0.25) is 5.91 Å². The number of hydrogen-bond donors (Lipinski definition) is 3. The first-order chi connectivity index (χ1) is 15.8. The van der Waals surface area contributed by atoms with E-state index in [1.165, 1.54) is 59.0 Å². The van der Waals surface area contributed by atoms with Crippen molar-refractivity contribution in [3.8, 4) is 5.75 Å². The number of thioether (sulfide) groups is 2. The molecule has 174 valence electrons. The highest BCUT2D eigenvalue weighted by Crippen LogP contribution is 2.44. The van der Waals surface area contributed by atoms with Gasteiger partial charge in [-0.15, -0.1) is 22.0 Å². The number of aromatic nitrogens is 2. The summed E-state index contributed by atoms with van der Waals surface area (Å²) in [6, 6.07) is 5.14. The number of phenolic OH excluding ortho intramolecular Hbond substituents is 1. The van der Waals surface area contributed by atoms with Gasteiger partial charge in [-0.2, -0.15) is 0 Å². The maximum atomic E-state index is 12.8. The van der Waals surface area contributed by atoms with Crippen molar-refractivity contribution in [2.45, 2.75) is 15.8 Å². The monoisotopic (exact) mass is 509 g/mol. The Labute approximate surface area is 200 Å². The fourth-order valence-electron chi connectivity index (χ4n) is 3.51. The van der Waals surface area contributed by atoms with Crippen LogP contribution in [0.2, 0.25) is 0 Å². The second-order valence-corrected chi connectivity index (χ2v) is 10.5. The molecule has 3 N–H and O–H groups in total. The zero-order valence-corrected chi connectivity index (χ0v) is 19.7. The maximum absolute atomic E-state index is 12.8. The van der Waals surface area contributed by atoms with E-state index in [0.717, 1.165) is 0 Å². The lowest BCUT2D eigenvalue weighted by Gasteiger charge is -2.53. The Kier molecular flexibility index (Phi) is 6.76. The highest BCUT2D eigenvalue weighted by Gasteiger charge is 2.57. The summed E-state index contributed by atoms with van der Waals surface area (Å²) in [5, 5.41) is 33.3. The summed E-state index contributed by atoms with van der Waals surface area (Å²) in [7, 11) is 1.29. The third-order valence-electron chi connectivity index (χ3n) is 5.21. The normalized spacial score (nSPS) is 24.6. The first kappa shape index (κ1) is 23.3. The molecule has 0 spiro atoms. The number of carbonyl (C=O) groups is 3. The van der Waals surface area contributed by atoms with Gasteiger partial charge in [0.15, 0.2) is 10.1 Å². The van der Waals surface area contributed by atoms with Crippen LogP contribution in [0.1, 0.15) is 5.56 Å². The van der Waals surface area contributed by atoms with Gasteiger partial charge < -0.3 is 25.3 Å². The minimum atomic E-state index is -1.13. The Morgan fingerprint density at radius 1 is 1.45 bits per heavy atom. The minimum Gasteiger partial charge on any atom is -0.508 e. The molecule has 11 nitrogen and oxygen atoms in total. The molecule has 2 amide bonds. The minimum absolute atomic E-state index is 0.0442. The number of aromatic hydroxyl groups is 1. The van der Waals surface area contributed by atoms with Gasteiger partial charge in [0.1, 0.15) is 35.2 Å². The summed E-state index contributed by atoms with van der Waals surface area (Å²) in [4.78, 5) is 44.0. The molecule has 3 heterocycles. The van der Waals surface area contributed by atoms with Gasteiger partial charge in [-0.25, -0.2) is 0 Å². The molecule has 3 atom stereocenters. The standard InChI is InChI=1S/C19H19N5O6S3/c1-30-23-12(10-3-2-4-11(25)5-10)14(26)21-13-15(27)24-6-19(17(28)29,7-31-16(13)24)8-32-18-22-20-9-33-18/h2-5,9,13,16,25H,6-8H2,1H3,(H,21,26)(H,28,29)/t13?,16-,19?/m1/s1. The van der Waals surface area contributed by atoms with Crippen molar-refractivity contribution in [2.75, 3.05) is 25.2 Å². The number of carboxylic acids is 1. The van der Waals surface area contributed by atoms with Crippen molar-refractivity contribution in [2.24, 2.45) is 10.6 Å². The number of hydrogen-bond acceptors (Lipinski definition) is 11. The van der Waals surface area contributed by atoms with Crippen LogP contribution >= 0.6 is 34.9 Å². The summed E-state index contributed by atoms with van der Waals surface area (Å²) in [6.07, 6.45) is 0. The number of fused-ring (bicyclic) bond motifs is 1. The van der Waals surface area contributed by atoms with Crippen LogP contribution in [0.15, 0.2) is 39.3 Å². The molecule has 2 unspecified atom stereocenters. The predicted octanol–water partition coefficient (Wildman–Crippen LogP) is 0.857. The molecule has 0 saturated carbocycles. The third-order valence-corrected chi connectivity index (χ3v) is 8.95. The molecule has 14 heteroatoms. The number of nitrogens with zero attached hydrogens (tertiary/aromatic N) is 4. The Hall–Kier alpha value is -2.84. The number of rotatable bonds is 8. The van der Waals surface area contributed by atoms with Crippen LogP contribution in [0.4, 0.5) is 0 Å². The number of phenols is 1. The van der Waals surface area contributed by atoms with Crippen LogP contribution in [0.5, 0.6) is 5.75 Å². The van der Waals surface area contributed by atoms with Crippen molar-refractivity contribution in [3.63, 3.8) is 0 Å². The lowest BCUT2D eigenvalue weighted by molar-refractivity contribution is -0.157. The van der Waals surface area contributed by atoms with E-state index < -0.39 is 23.3 Å². The van der Waals surface area contributed by atoms with E-state index in [9.17, 15) is 24.6 Å². The van der Waals surface area contributed by atoms with Gasteiger partial charge in [0.25, 0.3) is 5.91 Å². The summed E-state index contributed by atoms with van der Waals surface area (Å²) in [5.41, 5.74) is 0.680. The largest absolute Gasteiger partial charge is 0.508 e. The SMILES string of the molecule is CON=C(C(=O)NC1C(=O)N2CC(CSc3nncs3)(C(=O)O)CS[C@H]12)c1cccc(O)c1. The van der Waals surface area contributed by atoms with E-state index in [1.54, 1.807) is 17.6 Å². The molecule has 2 saturated heterocycles. The van der Waals surface area contributed by atoms with Crippen molar-refractivity contribution in [1.29, 1.82) is 0 Å². The molecule has 1 aromatic carbocycles. The number of carboxylic acid groups (broad SMARTS) is 1. The zero-order chi connectivity index (χ0) is 23.6. The number of oxime groups is 1. The number of amides is 2. The summed E-state index contributed by atoms with van der Waals surface area (Å²) < 4.78 is 0.666. The van der Waals surface area contributed by atoms with Gasteiger partial charge in [0.05, 0.1) is 0 Å². The average Bonchev–Trinajstić information content (AvgIpc) is 3.33. The molecule has 1 aromatic heterocycles. The first-order valence-corrected chi connectivity index (χ1v) is 12.5. The second kappa shape index (κ2) is 9.57. The van der Waals surface area contributed by atoms with E-state index in [4.69, 9.17) is 4.84 Å². The van der Waals surface area contributed by atoms with Crippen LogP contribution in [-0.2, 0) is 19.2 Å². The Morgan fingerprint density at radius 2 is 2.27 bits per heavy atom. The fourth-order valence-corrected chi connectivity index (χ4v) is 6.86. The Balaban J connectivity index is 1.43. The molecular weight excluding hydrogens is 490 g/mol. The van der Waals surface area contributed by atoms with Crippen LogP contribution in [-0.4, -0.2) is 85.4 Å². The van der Waals surface area contributed by atoms with E-state index >= 15 is 0 Å². The lowest BCUT2D eigenvalue weighted by atomic mass is 9.89. The number of nitrogens with one attached hydrogen (secondary N) is 1. The lowest BCUT2D eigenvalue weighted by Crippen LogP contribution is -2.74. The van der Waals surface area contributed by atoms with Crippen molar-refractivity contribution >= 4 is 58.4 Å². The van der Waals surface area contributed by atoms with Gasteiger partial charge in [-0.05, 0) is 12.1 Å². The summed E-state index contributed by atoms with van der Waals surface area (Å²) >= 11 is 3.94. The first-order valence-electron chi connectivity index (χ1n) is 9.60. The van der Waals surface area contributed by atoms with Gasteiger partial charge in [-0.1, -0.05) is 40.4 Å². The molecule has 0 aliphatic carbocycles. The van der Waals surface area contributed by atoms with E-state index in [0.29, 0.717) is 9.90 Å². The molecule has 0 bridgehead atoms. The van der Waals surface area contributed by atoms with Crippen LogP contribution in [0.25, 0.3) is 0 Å². The van der Waals surface area contributed by atoms with Gasteiger partial charge in [0, 0.05) is 23.6 Å².